The molecular formula is C23H39BrO2. The first kappa shape index (κ1) is 23.3. The standard InChI is InChI=1S/C23H39BrO2/c1-5-9-12-19(7-3)17-25-22-14-11-15-23(21(22)16-24)26-18-20(8-4)13-10-6-2/h11,14-15,19-20H,5-10,12-13,16-18H2,1-4H3. The molecule has 0 bridgehead atoms. The zero-order valence-corrected chi connectivity index (χ0v) is 18.9. The first-order valence-corrected chi connectivity index (χ1v) is 11.7. The monoisotopic (exact) mass is 426 g/mol. The lowest BCUT2D eigenvalue weighted by Gasteiger charge is -2.20. The number of unbranched alkanes of at least 4 members (excludes halogenated alkanes) is 2. The van der Waals surface area contributed by atoms with Crippen molar-refractivity contribution in [2.75, 3.05) is 13.2 Å². The SMILES string of the molecule is CCCCC(CC)COc1cccc(OCC(CC)CCCC)c1CBr. The van der Waals surface area contributed by atoms with Gasteiger partial charge in [-0.3, -0.25) is 0 Å². The second-order valence-corrected chi connectivity index (χ2v) is 7.88. The van der Waals surface area contributed by atoms with Crippen molar-refractivity contribution in [2.45, 2.75) is 84.4 Å². The van der Waals surface area contributed by atoms with Gasteiger partial charge in [-0.15, -0.1) is 0 Å². The third-order valence-corrected chi connectivity index (χ3v) is 5.82. The fraction of sp³-hybridized carbons (Fsp3) is 0.739. The van der Waals surface area contributed by atoms with Crippen molar-refractivity contribution in [2.24, 2.45) is 11.8 Å². The Labute approximate surface area is 170 Å². The smallest absolute Gasteiger partial charge is 0.127 e. The molecule has 1 rings (SSSR count). The molecule has 1 aromatic rings. The maximum atomic E-state index is 6.21. The van der Waals surface area contributed by atoms with Gasteiger partial charge in [-0.1, -0.05) is 88.2 Å². The normalized spacial score (nSPS) is 13.4. The highest BCUT2D eigenvalue weighted by molar-refractivity contribution is 9.08. The van der Waals surface area contributed by atoms with Crippen LogP contribution in [-0.4, -0.2) is 13.2 Å². The van der Waals surface area contributed by atoms with Crippen molar-refractivity contribution in [3.05, 3.63) is 23.8 Å². The van der Waals surface area contributed by atoms with Gasteiger partial charge in [0.25, 0.3) is 0 Å². The molecule has 2 unspecified atom stereocenters. The second-order valence-electron chi connectivity index (χ2n) is 7.32. The van der Waals surface area contributed by atoms with E-state index >= 15 is 0 Å². The topological polar surface area (TPSA) is 18.5 Å². The van der Waals surface area contributed by atoms with E-state index in [1.807, 2.05) is 0 Å². The molecule has 0 aliphatic carbocycles. The molecular weight excluding hydrogens is 388 g/mol. The van der Waals surface area contributed by atoms with E-state index < -0.39 is 0 Å². The summed E-state index contributed by atoms with van der Waals surface area (Å²) in [6.07, 6.45) is 9.93. The van der Waals surface area contributed by atoms with Gasteiger partial charge in [-0.05, 0) is 36.8 Å². The van der Waals surface area contributed by atoms with Gasteiger partial charge in [0.15, 0.2) is 0 Å². The van der Waals surface area contributed by atoms with Crippen LogP contribution in [0.4, 0.5) is 0 Å². The van der Waals surface area contributed by atoms with Gasteiger partial charge in [0, 0.05) is 10.9 Å². The second kappa shape index (κ2) is 14.4. The molecule has 0 fully saturated rings. The van der Waals surface area contributed by atoms with Gasteiger partial charge in [-0.2, -0.15) is 0 Å². The first-order chi connectivity index (χ1) is 12.7. The fourth-order valence-corrected chi connectivity index (χ4v) is 3.71. The predicted octanol–water partition coefficient (Wildman–Crippen LogP) is 7.77. The maximum absolute atomic E-state index is 6.21. The Morgan fingerprint density at radius 3 is 1.62 bits per heavy atom. The first-order valence-electron chi connectivity index (χ1n) is 10.6. The van der Waals surface area contributed by atoms with Crippen molar-refractivity contribution in [1.29, 1.82) is 0 Å². The Hall–Kier alpha value is -0.700. The van der Waals surface area contributed by atoms with E-state index in [0.29, 0.717) is 11.8 Å². The summed E-state index contributed by atoms with van der Waals surface area (Å²) in [5.74, 6) is 3.22. The summed E-state index contributed by atoms with van der Waals surface area (Å²) < 4.78 is 12.4. The number of alkyl halides is 1. The molecule has 0 aliphatic rings. The number of hydrogen-bond acceptors (Lipinski definition) is 2. The molecule has 1 aromatic carbocycles. The molecule has 0 amide bonds. The number of ether oxygens (including phenoxy) is 2. The number of rotatable bonds is 15. The number of halogens is 1. The van der Waals surface area contributed by atoms with Crippen molar-refractivity contribution < 1.29 is 9.47 Å². The van der Waals surface area contributed by atoms with Gasteiger partial charge >= 0.3 is 0 Å². The quantitative estimate of drug-likeness (QED) is 0.266. The average Bonchev–Trinajstić information content (AvgIpc) is 2.68. The van der Waals surface area contributed by atoms with Crippen molar-refractivity contribution >= 4 is 15.9 Å². The molecule has 2 nitrogen and oxygen atoms in total. The Morgan fingerprint density at radius 1 is 0.808 bits per heavy atom. The minimum absolute atomic E-state index is 0.640. The largest absolute Gasteiger partial charge is 0.493 e. The predicted molar refractivity (Wildman–Crippen MR) is 117 cm³/mol. The van der Waals surface area contributed by atoms with E-state index in [1.54, 1.807) is 0 Å². The van der Waals surface area contributed by atoms with E-state index in [0.717, 1.165) is 35.6 Å². The third kappa shape index (κ3) is 8.33. The van der Waals surface area contributed by atoms with Crippen molar-refractivity contribution in [3.8, 4) is 11.5 Å². The van der Waals surface area contributed by atoms with Crippen LogP contribution in [0.5, 0.6) is 11.5 Å². The van der Waals surface area contributed by atoms with E-state index in [4.69, 9.17) is 9.47 Å². The Balaban J connectivity index is 2.69. The lowest BCUT2D eigenvalue weighted by Crippen LogP contribution is -2.14. The molecule has 0 radical (unpaired) electrons. The summed E-state index contributed by atoms with van der Waals surface area (Å²) in [6, 6.07) is 6.20. The molecule has 0 aromatic heterocycles. The van der Waals surface area contributed by atoms with Gasteiger partial charge in [0.05, 0.1) is 13.2 Å². The molecule has 0 N–H and O–H groups in total. The number of hydrogen-bond donors (Lipinski definition) is 0. The molecule has 2 atom stereocenters. The summed E-state index contributed by atoms with van der Waals surface area (Å²) in [6.45, 7) is 10.6. The van der Waals surface area contributed by atoms with Crippen LogP contribution in [0.3, 0.4) is 0 Å². The highest BCUT2D eigenvalue weighted by Crippen LogP contribution is 2.32. The minimum atomic E-state index is 0.640. The third-order valence-electron chi connectivity index (χ3n) is 5.26. The zero-order chi connectivity index (χ0) is 19.2. The van der Waals surface area contributed by atoms with Crippen LogP contribution < -0.4 is 9.47 Å². The lowest BCUT2D eigenvalue weighted by molar-refractivity contribution is 0.220. The number of benzene rings is 1. The maximum Gasteiger partial charge on any atom is 0.127 e. The highest BCUT2D eigenvalue weighted by atomic mass is 79.9. The van der Waals surface area contributed by atoms with E-state index in [9.17, 15) is 0 Å². The fourth-order valence-electron chi connectivity index (χ4n) is 3.16. The van der Waals surface area contributed by atoms with Crippen molar-refractivity contribution in [3.63, 3.8) is 0 Å². The van der Waals surface area contributed by atoms with Crippen LogP contribution in [0.1, 0.15) is 84.6 Å². The summed E-state index contributed by atoms with van der Waals surface area (Å²) >= 11 is 3.63. The van der Waals surface area contributed by atoms with Crippen LogP contribution >= 0.6 is 15.9 Å². The van der Waals surface area contributed by atoms with Crippen molar-refractivity contribution in [1.82, 2.24) is 0 Å². The van der Waals surface area contributed by atoms with Gasteiger partial charge in [0.2, 0.25) is 0 Å². The van der Waals surface area contributed by atoms with Crippen LogP contribution in [0.25, 0.3) is 0 Å². The molecule has 26 heavy (non-hydrogen) atoms. The molecule has 0 aliphatic heterocycles. The van der Waals surface area contributed by atoms with Crippen LogP contribution in [0.15, 0.2) is 18.2 Å². The zero-order valence-electron chi connectivity index (χ0n) is 17.4. The van der Waals surface area contributed by atoms with E-state index in [1.165, 1.54) is 51.4 Å². The van der Waals surface area contributed by atoms with Crippen LogP contribution in [-0.2, 0) is 5.33 Å². The van der Waals surface area contributed by atoms with Gasteiger partial charge in [0.1, 0.15) is 11.5 Å². The van der Waals surface area contributed by atoms with Gasteiger partial charge < -0.3 is 9.47 Å². The van der Waals surface area contributed by atoms with Crippen LogP contribution in [0.2, 0.25) is 0 Å². The minimum Gasteiger partial charge on any atom is -0.493 e. The summed E-state index contributed by atoms with van der Waals surface area (Å²) in [7, 11) is 0. The molecule has 0 heterocycles. The molecule has 0 saturated carbocycles. The van der Waals surface area contributed by atoms with E-state index in [2.05, 4.69) is 61.8 Å². The van der Waals surface area contributed by atoms with Crippen LogP contribution in [0, 0.1) is 11.8 Å². The average molecular weight is 427 g/mol. The molecule has 3 heteroatoms. The van der Waals surface area contributed by atoms with E-state index in [-0.39, 0.29) is 0 Å². The Morgan fingerprint density at radius 2 is 1.27 bits per heavy atom. The highest BCUT2D eigenvalue weighted by Gasteiger charge is 2.14. The molecule has 0 saturated heterocycles. The Kier molecular flexibility index (Phi) is 12.9. The van der Waals surface area contributed by atoms with Gasteiger partial charge in [-0.25, -0.2) is 0 Å². The molecule has 0 spiro atoms. The lowest BCUT2D eigenvalue weighted by atomic mass is 10.0. The summed E-state index contributed by atoms with van der Waals surface area (Å²) in [5.41, 5.74) is 1.14. The molecule has 150 valence electrons. The Bertz CT molecular complexity index is 437. The summed E-state index contributed by atoms with van der Waals surface area (Å²) in [4.78, 5) is 0. The summed E-state index contributed by atoms with van der Waals surface area (Å²) in [5, 5.41) is 0.760.